The number of rotatable bonds is 6. The molecule has 9 heteroatoms. The first-order chi connectivity index (χ1) is 11.7. The van der Waals surface area contributed by atoms with Gasteiger partial charge >= 0.3 is 0 Å². The number of H-pyrrole nitrogens is 2. The van der Waals surface area contributed by atoms with Crippen molar-refractivity contribution in [2.45, 2.75) is 12.1 Å². The summed E-state index contributed by atoms with van der Waals surface area (Å²) in [7, 11) is 0. The van der Waals surface area contributed by atoms with Crippen LogP contribution in [-0.4, -0.2) is 38.2 Å². The number of carbonyl (C=O) groups is 1. The standard InChI is InChI=1S/C15H15N5O3S/c1-2-23-10-5-3-9(4-6-10)18-11(21)7-24-15-19-13-12(14(22)20-15)16-8-17-13/h3-6,8H,2,7H2,1H3,(H,18,21)(H2,16,17,19,20,22). The molecule has 2 aromatic heterocycles. The minimum absolute atomic E-state index is 0.117. The molecule has 0 atom stereocenters. The van der Waals surface area contributed by atoms with E-state index in [9.17, 15) is 9.59 Å². The average Bonchev–Trinajstić information content (AvgIpc) is 3.04. The van der Waals surface area contributed by atoms with Crippen molar-refractivity contribution in [1.29, 1.82) is 0 Å². The molecule has 1 aromatic carbocycles. The molecule has 124 valence electrons. The van der Waals surface area contributed by atoms with Crippen LogP contribution >= 0.6 is 11.8 Å². The average molecular weight is 345 g/mol. The Balaban J connectivity index is 1.59. The lowest BCUT2D eigenvalue weighted by Gasteiger charge is -2.07. The van der Waals surface area contributed by atoms with Gasteiger partial charge in [-0.2, -0.15) is 0 Å². The number of fused-ring (bicyclic) bond motifs is 1. The van der Waals surface area contributed by atoms with Gasteiger partial charge in [0, 0.05) is 5.69 Å². The summed E-state index contributed by atoms with van der Waals surface area (Å²) >= 11 is 1.13. The van der Waals surface area contributed by atoms with Crippen LogP contribution in [-0.2, 0) is 4.79 Å². The molecule has 0 unspecified atom stereocenters. The molecule has 0 radical (unpaired) electrons. The lowest BCUT2D eigenvalue weighted by atomic mass is 10.3. The molecule has 0 bridgehead atoms. The van der Waals surface area contributed by atoms with Crippen molar-refractivity contribution < 1.29 is 9.53 Å². The number of hydrogen-bond donors (Lipinski definition) is 3. The fourth-order valence-corrected chi connectivity index (χ4v) is 2.68. The van der Waals surface area contributed by atoms with Crippen LogP contribution in [0.2, 0.25) is 0 Å². The van der Waals surface area contributed by atoms with E-state index >= 15 is 0 Å². The molecule has 0 fully saturated rings. The van der Waals surface area contributed by atoms with Gasteiger partial charge in [0.2, 0.25) is 5.91 Å². The van der Waals surface area contributed by atoms with Crippen LogP contribution in [0.4, 0.5) is 5.69 Å². The zero-order valence-corrected chi connectivity index (χ0v) is 13.6. The van der Waals surface area contributed by atoms with Crippen molar-refractivity contribution in [3.63, 3.8) is 0 Å². The Morgan fingerprint density at radius 3 is 2.88 bits per heavy atom. The zero-order chi connectivity index (χ0) is 16.9. The summed E-state index contributed by atoms with van der Waals surface area (Å²) in [4.78, 5) is 37.2. The van der Waals surface area contributed by atoms with Crippen LogP contribution in [0, 0.1) is 0 Å². The van der Waals surface area contributed by atoms with Crippen molar-refractivity contribution in [3.8, 4) is 5.75 Å². The van der Waals surface area contributed by atoms with Crippen molar-refractivity contribution >= 4 is 34.5 Å². The van der Waals surface area contributed by atoms with Gasteiger partial charge in [-0.25, -0.2) is 9.97 Å². The van der Waals surface area contributed by atoms with E-state index in [0.717, 1.165) is 17.5 Å². The summed E-state index contributed by atoms with van der Waals surface area (Å²) in [5, 5.41) is 3.12. The number of nitrogens with one attached hydrogen (secondary N) is 3. The summed E-state index contributed by atoms with van der Waals surface area (Å²) in [6.07, 6.45) is 1.40. The smallest absolute Gasteiger partial charge is 0.277 e. The summed E-state index contributed by atoms with van der Waals surface area (Å²) in [5.41, 5.74) is 1.01. The molecule has 0 saturated carbocycles. The molecule has 8 nitrogen and oxygen atoms in total. The SMILES string of the molecule is CCOc1ccc(NC(=O)CSc2nc3nc[nH]c3c(=O)[nH]2)cc1. The number of amides is 1. The summed E-state index contributed by atoms with van der Waals surface area (Å²) < 4.78 is 5.34. The van der Waals surface area contributed by atoms with E-state index in [0.29, 0.717) is 28.6 Å². The number of anilines is 1. The number of aromatic nitrogens is 4. The fourth-order valence-electron chi connectivity index (χ4n) is 2.02. The monoisotopic (exact) mass is 345 g/mol. The second kappa shape index (κ2) is 7.18. The van der Waals surface area contributed by atoms with Crippen LogP contribution < -0.4 is 15.6 Å². The quantitative estimate of drug-likeness (QED) is 0.464. The molecule has 0 aliphatic rings. The Bertz CT molecular complexity index is 903. The first kappa shape index (κ1) is 16.1. The molecule has 0 aliphatic heterocycles. The predicted octanol–water partition coefficient (Wildman–Crippen LogP) is 1.78. The highest BCUT2D eigenvalue weighted by Crippen LogP contribution is 2.17. The van der Waals surface area contributed by atoms with Crippen LogP contribution in [0.3, 0.4) is 0 Å². The van der Waals surface area contributed by atoms with Gasteiger partial charge in [0.25, 0.3) is 5.56 Å². The molecular formula is C15H15N5O3S. The zero-order valence-electron chi connectivity index (χ0n) is 12.8. The highest BCUT2D eigenvalue weighted by molar-refractivity contribution is 7.99. The molecule has 3 N–H and O–H groups in total. The van der Waals surface area contributed by atoms with E-state index in [4.69, 9.17) is 4.74 Å². The van der Waals surface area contributed by atoms with Gasteiger partial charge in [0.1, 0.15) is 5.75 Å². The maximum Gasteiger partial charge on any atom is 0.277 e. The molecule has 3 aromatic rings. The maximum absolute atomic E-state index is 12.0. The largest absolute Gasteiger partial charge is 0.494 e. The molecule has 0 aliphatic carbocycles. The number of carbonyl (C=O) groups excluding carboxylic acids is 1. The van der Waals surface area contributed by atoms with E-state index in [2.05, 4.69) is 25.3 Å². The number of benzene rings is 1. The van der Waals surface area contributed by atoms with Crippen molar-refractivity contribution in [3.05, 3.63) is 40.9 Å². The van der Waals surface area contributed by atoms with Crippen LogP contribution in [0.1, 0.15) is 6.92 Å². The molecule has 0 spiro atoms. The van der Waals surface area contributed by atoms with Gasteiger partial charge in [0.15, 0.2) is 16.3 Å². The Kier molecular flexibility index (Phi) is 4.80. The normalized spacial score (nSPS) is 10.7. The molecule has 2 heterocycles. The van der Waals surface area contributed by atoms with Crippen molar-refractivity contribution in [2.75, 3.05) is 17.7 Å². The Morgan fingerprint density at radius 1 is 1.33 bits per heavy atom. The van der Waals surface area contributed by atoms with E-state index in [1.54, 1.807) is 24.3 Å². The fraction of sp³-hybridized carbons (Fsp3) is 0.200. The minimum atomic E-state index is -0.313. The van der Waals surface area contributed by atoms with Gasteiger partial charge in [-0.15, -0.1) is 0 Å². The number of aromatic amines is 2. The van der Waals surface area contributed by atoms with E-state index in [-0.39, 0.29) is 17.2 Å². The molecule has 24 heavy (non-hydrogen) atoms. The molecule has 3 rings (SSSR count). The Hall–Kier alpha value is -2.81. The molecular weight excluding hydrogens is 330 g/mol. The van der Waals surface area contributed by atoms with Gasteiger partial charge < -0.3 is 15.0 Å². The number of thioether (sulfide) groups is 1. The maximum atomic E-state index is 12.0. The lowest BCUT2D eigenvalue weighted by molar-refractivity contribution is -0.113. The van der Waals surface area contributed by atoms with E-state index < -0.39 is 0 Å². The van der Waals surface area contributed by atoms with E-state index in [1.807, 2.05) is 6.92 Å². The Labute approximate surface area is 141 Å². The minimum Gasteiger partial charge on any atom is -0.494 e. The predicted molar refractivity (Wildman–Crippen MR) is 91.5 cm³/mol. The second-order valence-electron chi connectivity index (χ2n) is 4.77. The van der Waals surface area contributed by atoms with Gasteiger partial charge in [-0.05, 0) is 31.2 Å². The number of hydrogen-bond acceptors (Lipinski definition) is 6. The third kappa shape index (κ3) is 3.74. The summed E-state index contributed by atoms with van der Waals surface area (Å²) in [5.74, 6) is 0.666. The summed E-state index contributed by atoms with van der Waals surface area (Å²) in [6.45, 7) is 2.50. The third-order valence-electron chi connectivity index (χ3n) is 3.06. The van der Waals surface area contributed by atoms with Crippen LogP contribution in [0.25, 0.3) is 11.2 Å². The first-order valence-corrected chi connectivity index (χ1v) is 8.23. The van der Waals surface area contributed by atoms with Crippen molar-refractivity contribution in [2.24, 2.45) is 0 Å². The van der Waals surface area contributed by atoms with Gasteiger partial charge in [-0.1, -0.05) is 11.8 Å². The highest BCUT2D eigenvalue weighted by atomic mass is 32.2. The third-order valence-corrected chi connectivity index (χ3v) is 3.94. The first-order valence-electron chi connectivity index (χ1n) is 7.24. The van der Waals surface area contributed by atoms with E-state index in [1.165, 1.54) is 6.33 Å². The summed E-state index contributed by atoms with van der Waals surface area (Å²) in [6, 6.07) is 7.11. The van der Waals surface area contributed by atoms with Crippen LogP contribution in [0.5, 0.6) is 5.75 Å². The number of nitrogens with zero attached hydrogens (tertiary/aromatic N) is 2. The number of imidazole rings is 1. The van der Waals surface area contributed by atoms with Crippen molar-refractivity contribution in [1.82, 2.24) is 19.9 Å². The molecule has 1 amide bonds. The molecule has 0 saturated heterocycles. The highest BCUT2D eigenvalue weighted by Gasteiger charge is 2.09. The Morgan fingerprint density at radius 2 is 2.12 bits per heavy atom. The van der Waals surface area contributed by atoms with Gasteiger partial charge in [-0.3, -0.25) is 14.6 Å². The lowest BCUT2D eigenvalue weighted by Crippen LogP contribution is -2.15. The second-order valence-corrected chi connectivity index (χ2v) is 5.73. The van der Waals surface area contributed by atoms with Gasteiger partial charge in [0.05, 0.1) is 18.7 Å². The van der Waals surface area contributed by atoms with Crippen LogP contribution in [0.15, 0.2) is 40.5 Å². The number of ether oxygens (including phenoxy) is 1. The topological polar surface area (TPSA) is 113 Å².